The van der Waals surface area contributed by atoms with Gasteiger partial charge in [0.15, 0.2) is 5.82 Å². The van der Waals surface area contributed by atoms with Crippen molar-refractivity contribution in [1.82, 2.24) is 29.8 Å². The minimum absolute atomic E-state index is 0.0449. The number of carbonyl (C=O) groups is 2. The average molecular weight is 548 g/mol. The third kappa shape index (κ3) is 6.57. The lowest BCUT2D eigenvalue weighted by Gasteiger charge is -2.42. The van der Waals surface area contributed by atoms with Gasteiger partial charge in [0.1, 0.15) is 16.9 Å². The molecular formula is C29H37N7O4. The van der Waals surface area contributed by atoms with Crippen molar-refractivity contribution in [3.05, 3.63) is 64.3 Å². The molecule has 1 atom stereocenters. The molecule has 4 heterocycles. The maximum absolute atomic E-state index is 13.1. The van der Waals surface area contributed by atoms with Crippen molar-refractivity contribution >= 4 is 23.5 Å². The Morgan fingerprint density at radius 3 is 2.62 bits per heavy atom. The molecule has 0 unspecified atom stereocenters. The molecule has 1 saturated carbocycles. The Bertz CT molecular complexity index is 1410. The molecule has 2 amide bonds. The zero-order valence-electron chi connectivity index (χ0n) is 23.4. The number of nitrogens with one attached hydrogen (secondary N) is 1. The summed E-state index contributed by atoms with van der Waals surface area (Å²) in [6.07, 6.45) is 6.77. The maximum Gasteiger partial charge on any atom is 0.410 e. The van der Waals surface area contributed by atoms with Crippen LogP contribution in [0.15, 0.2) is 47.4 Å². The van der Waals surface area contributed by atoms with Crippen molar-refractivity contribution in [3.8, 4) is 0 Å². The Kier molecular flexibility index (Phi) is 7.99. The van der Waals surface area contributed by atoms with Gasteiger partial charge in [-0.05, 0) is 76.6 Å². The summed E-state index contributed by atoms with van der Waals surface area (Å²) in [5, 5.41) is 11.5. The van der Waals surface area contributed by atoms with E-state index in [-0.39, 0.29) is 29.9 Å². The fourth-order valence-electron chi connectivity index (χ4n) is 5.11. The number of anilines is 1. The first-order chi connectivity index (χ1) is 19.2. The van der Waals surface area contributed by atoms with Crippen molar-refractivity contribution < 1.29 is 14.3 Å². The molecule has 1 aliphatic heterocycles. The second-order valence-electron chi connectivity index (χ2n) is 11.6. The number of aromatic nitrogens is 4. The SMILES string of the molecule is CC(C)(C)OC(=O)N(CC1CCC1)[C@@H]1CCCN(c2ccc(CNC(=O)c3cc(=O)n4ccccc4n3)nn2)C1. The van der Waals surface area contributed by atoms with Crippen LogP contribution >= 0.6 is 0 Å². The third-order valence-electron chi connectivity index (χ3n) is 7.41. The molecule has 5 rings (SSSR count). The van der Waals surface area contributed by atoms with Crippen LogP contribution in [0, 0.1) is 5.92 Å². The molecule has 0 bridgehead atoms. The Morgan fingerprint density at radius 1 is 1.10 bits per heavy atom. The van der Waals surface area contributed by atoms with E-state index in [1.165, 1.54) is 16.9 Å². The van der Waals surface area contributed by atoms with E-state index in [2.05, 4.69) is 25.4 Å². The van der Waals surface area contributed by atoms with Gasteiger partial charge < -0.3 is 19.9 Å². The first-order valence-corrected chi connectivity index (χ1v) is 14.0. The van der Waals surface area contributed by atoms with Crippen molar-refractivity contribution in [1.29, 1.82) is 0 Å². The fourth-order valence-corrected chi connectivity index (χ4v) is 5.11. The molecule has 3 aromatic heterocycles. The van der Waals surface area contributed by atoms with Gasteiger partial charge in [-0.2, -0.15) is 5.10 Å². The zero-order valence-corrected chi connectivity index (χ0v) is 23.4. The van der Waals surface area contributed by atoms with E-state index in [1.807, 2.05) is 37.8 Å². The van der Waals surface area contributed by atoms with Crippen LogP contribution in [0.4, 0.5) is 10.6 Å². The molecule has 2 aliphatic rings. The molecular weight excluding hydrogens is 510 g/mol. The normalized spacial score (nSPS) is 17.8. The molecule has 1 saturated heterocycles. The summed E-state index contributed by atoms with van der Waals surface area (Å²) in [6.45, 7) is 8.08. The van der Waals surface area contributed by atoms with E-state index >= 15 is 0 Å². The minimum atomic E-state index is -0.541. The Balaban J connectivity index is 1.21. The highest BCUT2D eigenvalue weighted by atomic mass is 16.6. The predicted octanol–water partition coefficient (Wildman–Crippen LogP) is 3.42. The summed E-state index contributed by atoms with van der Waals surface area (Å²) in [6, 6.07) is 10.1. The molecule has 0 aromatic carbocycles. The smallest absolute Gasteiger partial charge is 0.410 e. The van der Waals surface area contributed by atoms with Gasteiger partial charge in [-0.15, -0.1) is 5.10 Å². The van der Waals surface area contributed by atoms with Gasteiger partial charge in [-0.3, -0.25) is 14.0 Å². The molecule has 1 aliphatic carbocycles. The number of amides is 2. The quantitative estimate of drug-likeness (QED) is 0.478. The van der Waals surface area contributed by atoms with Crippen molar-refractivity contribution in [2.24, 2.45) is 5.92 Å². The number of hydrogen-bond donors (Lipinski definition) is 1. The zero-order chi connectivity index (χ0) is 28.3. The van der Waals surface area contributed by atoms with Crippen LogP contribution in [0.5, 0.6) is 0 Å². The van der Waals surface area contributed by atoms with E-state index in [4.69, 9.17) is 4.74 Å². The Labute approximate surface area is 233 Å². The van der Waals surface area contributed by atoms with Crippen molar-refractivity contribution in [3.63, 3.8) is 0 Å². The lowest BCUT2D eigenvalue weighted by atomic mass is 9.84. The van der Waals surface area contributed by atoms with Crippen LogP contribution in [0.2, 0.25) is 0 Å². The molecule has 3 aromatic rings. The molecule has 0 spiro atoms. The Hall–Kier alpha value is -4.02. The minimum Gasteiger partial charge on any atom is -0.444 e. The van der Waals surface area contributed by atoms with Gasteiger partial charge in [0.05, 0.1) is 18.3 Å². The standard InChI is InChI=1S/C29H37N7O4/c1-29(2,3)40-28(39)36(18-20-8-6-9-20)22-10-7-14-34(19-22)25-13-12-21(32-33-25)17-30-27(38)23-16-26(37)35-15-5-4-11-24(35)31-23/h4-5,11-13,15-16,20,22H,6-10,14,17-19H2,1-3H3,(H,30,38)/t22-/m1/s1. The number of fused-ring (bicyclic) bond motifs is 1. The second-order valence-corrected chi connectivity index (χ2v) is 11.6. The van der Waals surface area contributed by atoms with Crippen LogP contribution in [-0.4, -0.2) is 67.8 Å². The van der Waals surface area contributed by atoms with Crippen LogP contribution in [-0.2, 0) is 11.3 Å². The summed E-state index contributed by atoms with van der Waals surface area (Å²) < 4.78 is 7.15. The highest BCUT2D eigenvalue weighted by Gasteiger charge is 2.34. The number of ether oxygens (including phenoxy) is 1. The first kappa shape index (κ1) is 27.5. The average Bonchev–Trinajstić information content (AvgIpc) is 2.90. The van der Waals surface area contributed by atoms with Crippen LogP contribution in [0.1, 0.15) is 69.1 Å². The topological polar surface area (TPSA) is 122 Å². The molecule has 1 N–H and O–H groups in total. The van der Waals surface area contributed by atoms with Gasteiger partial charge >= 0.3 is 6.09 Å². The van der Waals surface area contributed by atoms with Gasteiger partial charge in [0.25, 0.3) is 11.5 Å². The number of piperidine rings is 1. The molecule has 40 heavy (non-hydrogen) atoms. The predicted molar refractivity (Wildman–Crippen MR) is 150 cm³/mol. The van der Waals surface area contributed by atoms with Crippen molar-refractivity contribution in [2.75, 3.05) is 24.5 Å². The summed E-state index contributed by atoms with van der Waals surface area (Å²) in [5.74, 6) is 0.819. The first-order valence-electron chi connectivity index (χ1n) is 14.0. The van der Waals surface area contributed by atoms with E-state index in [9.17, 15) is 14.4 Å². The highest BCUT2D eigenvalue weighted by molar-refractivity contribution is 5.92. The molecule has 0 radical (unpaired) electrons. The maximum atomic E-state index is 13.1. The third-order valence-corrected chi connectivity index (χ3v) is 7.41. The number of hydrogen-bond acceptors (Lipinski definition) is 8. The van der Waals surface area contributed by atoms with E-state index in [0.29, 0.717) is 23.8 Å². The van der Waals surface area contributed by atoms with Gasteiger partial charge in [-0.1, -0.05) is 12.5 Å². The molecule has 212 valence electrons. The number of carbonyl (C=O) groups excluding carboxylic acids is 2. The van der Waals surface area contributed by atoms with E-state index in [1.54, 1.807) is 24.4 Å². The number of rotatable bonds is 7. The number of pyridine rings is 1. The lowest BCUT2D eigenvalue weighted by molar-refractivity contribution is 0.00732. The Morgan fingerprint density at radius 2 is 1.93 bits per heavy atom. The molecule has 11 nitrogen and oxygen atoms in total. The summed E-state index contributed by atoms with van der Waals surface area (Å²) in [7, 11) is 0. The number of nitrogens with zero attached hydrogens (tertiary/aromatic N) is 6. The summed E-state index contributed by atoms with van der Waals surface area (Å²) in [5.41, 5.74) is 0.181. The molecule has 2 fully saturated rings. The monoisotopic (exact) mass is 547 g/mol. The van der Waals surface area contributed by atoms with Crippen LogP contribution < -0.4 is 15.8 Å². The van der Waals surface area contributed by atoms with Crippen LogP contribution in [0.3, 0.4) is 0 Å². The largest absolute Gasteiger partial charge is 0.444 e. The van der Waals surface area contributed by atoms with Gasteiger partial charge in [-0.25, -0.2) is 9.78 Å². The van der Waals surface area contributed by atoms with E-state index in [0.717, 1.165) is 44.6 Å². The second kappa shape index (κ2) is 11.6. The summed E-state index contributed by atoms with van der Waals surface area (Å²) >= 11 is 0. The van der Waals surface area contributed by atoms with E-state index < -0.39 is 11.5 Å². The summed E-state index contributed by atoms with van der Waals surface area (Å²) in [4.78, 5) is 46.4. The van der Waals surface area contributed by atoms with Gasteiger partial charge in [0, 0.05) is 31.9 Å². The molecule has 11 heteroatoms. The lowest BCUT2D eigenvalue weighted by Crippen LogP contribution is -2.53. The fraction of sp³-hybridized carbons (Fsp3) is 0.517. The van der Waals surface area contributed by atoms with Crippen molar-refractivity contribution in [2.45, 2.75) is 71.1 Å². The van der Waals surface area contributed by atoms with Gasteiger partial charge in [0.2, 0.25) is 0 Å². The highest BCUT2D eigenvalue weighted by Crippen LogP contribution is 2.30. The van der Waals surface area contributed by atoms with Crippen LogP contribution in [0.25, 0.3) is 5.65 Å².